The molecule has 0 aliphatic heterocycles. The van der Waals surface area contributed by atoms with Crippen LogP contribution >= 0.6 is 11.6 Å². The van der Waals surface area contributed by atoms with Gasteiger partial charge in [-0.15, -0.1) is 10.2 Å². The number of aromatic nitrogens is 5. The van der Waals surface area contributed by atoms with E-state index in [0.29, 0.717) is 16.7 Å². The van der Waals surface area contributed by atoms with E-state index in [-0.39, 0.29) is 0 Å². The summed E-state index contributed by atoms with van der Waals surface area (Å²) in [6.07, 6.45) is 3.44. The maximum Gasteiger partial charge on any atom is 0.257 e. The van der Waals surface area contributed by atoms with Gasteiger partial charge >= 0.3 is 0 Å². The molecule has 2 aromatic carbocycles. The number of hydrogen-bond acceptors (Lipinski definition) is 6. The summed E-state index contributed by atoms with van der Waals surface area (Å²) in [4.78, 5) is 11.1. The van der Waals surface area contributed by atoms with Gasteiger partial charge in [-0.25, -0.2) is 4.98 Å². The van der Waals surface area contributed by atoms with Gasteiger partial charge in [0.25, 0.3) is 5.78 Å². The van der Waals surface area contributed by atoms with Crippen LogP contribution in [0.1, 0.15) is 0 Å². The van der Waals surface area contributed by atoms with Crippen LogP contribution in [0.2, 0.25) is 5.02 Å². The van der Waals surface area contributed by atoms with Gasteiger partial charge in [0, 0.05) is 41.0 Å². The van der Waals surface area contributed by atoms with Gasteiger partial charge in [-0.05, 0) is 42.0 Å². The van der Waals surface area contributed by atoms with Crippen LogP contribution in [0, 0.1) is 0 Å². The second kappa shape index (κ2) is 7.27. The summed E-state index contributed by atoms with van der Waals surface area (Å²) in [7, 11) is 3.59. The molecule has 0 atom stereocenters. The first-order chi connectivity index (χ1) is 14.6. The standard InChI is InChI=1S/C22H17ClN6O/c1-28(17-5-3-4-14(10-17)15-6-9-20(30-2)24-12-15)21-18-8-7-16(23)11-19(18)29-13-25-27-22(29)26-21/h3-13H,1-2H3. The zero-order valence-corrected chi connectivity index (χ0v) is 17.1. The second-order valence-corrected chi connectivity index (χ2v) is 7.23. The molecule has 0 radical (unpaired) electrons. The molecule has 30 heavy (non-hydrogen) atoms. The van der Waals surface area contributed by atoms with Gasteiger partial charge < -0.3 is 9.64 Å². The van der Waals surface area contributed by atoms with E-state index < -0.39 is 0 Å². The van der Waals surface area contributed by atoms with Gasteiger partial charge in [-0.1, -0.05) is 23.7 Å². The first-order valence-corrected chi connectivity index (χ1v) is 9.65. The Labute approximate surface area is 177 Å². The summed E-state index contributed by atoms with van der Waals surface area (Å²) in [5.41, 5.74) is 3.93. The summed E-state index contributed by atoms with van der Waals surface area (Å²) < 4.78 is 6.98. The van der Waals surface area contributed by atoms with Crippen LogP contribution in [0.25, 0.3) is 27.8 Å². The maximum absolute atomic E-state index is 6.24. The molecule has 148 valence electrons. The molecule has 0 bridgehead atoms. The van der Waals surface area contributed by atoms with Crippen molar-refractivity contribution < 1.29 is 4.74 Å². The number of rotatable bonds is 4. The fourth-order valence-electron chi connectivity index (χ4n) is 3.47. The zero-order chi connectivity index (χ0) is 20.7. The van der Waals surface area contributed by atoms with Gasteiger partial charge in [0.1, 0.15) is 12.1 Å². The Kier molecular flexibility index (Phi) is 4.44. The lowest BCUT2D eigenvalue weighted by Gasteiger charge is -2.21. The summed E-state index contributed by atoms with van der Waals surface area (Å²) >= 11 is 6.24. The minimum atomic E-state index is 0.516. The molecule has 5 rings (SSSR count). The van der Waals surface area contributed by atoms with Crippen LogP contribution in [0.15, 0.2) is 67.1 Å². The highest BCUT2D eigenvalue weighted by atomic mass is 35.5. The number of ether oxygens (including phenoxy) is 1. The molecule has 3 aromatic heterocycles. The number of halogens is 1. The molecular weight excluding hydrogens is 400 g/mol. The largest absolute Gasteiger partial charge is 0.481 e. The summed E-state index contributed by atoms with van der Waals surface area (Å²) in [6.45, 7) is 0. The Hall–Kier alpha value is -3.71. The van der Waals surface area contributed by atoms with Gasteiger partial charge in [-0.3, -0.25) is 4.40 Å². The van der Waals surface area contributed by atoms with Crippen molar-refractivity contribution in [2.75, 3.05) is 19.1 Å². The molecule has 0 saturated heterocycles. The molecule has 5 aromatic rings. The average molecular weight is 417 g/mol. The number of fused-ring (bicyclic) bond motifs is 3. The Bertz CT molecular complexity index is 1370. The highest BCUT2D eigenvalue weighted by molar-refractivity contribution is 6.31. The summed E-state index contributed by atoms with van der Waals surface area (Å²) in [5, 5.41) is 9.72. The lowest BCUT2D eigenvalue weighted by atomic mass is 10.1. The molecule has 0 amide bonds. The third-order valence-electron chi connectivity index (χ3n) is 5.03. The molecule has 0 unspecified atom stereocenters. The van der Waals surface area contributed by atoms with Crippen molar-refractivity contribution in [3.05, 3.63) is 72.1 Å². The van der Waals surface area contributed by atoms with Gasteiger partial charge in [0.15, 0.2) is 0 Å². The van der Waals surface area contributed by atoms with Crippen molar-refractivity contribution in [1.82, 2.24) is 24.6 Å². The Morgan fingerprint density at radius 2 is 1.93 bits per heavy atom. The van der Waals surface area contributed by atoms with Crippen molar-refractivity contribution in [2.24, 2.45) is 0 Å². The quantitative estimate of drug-likeness (QED) is 0.420. The van der Waals surface area contributed by atoms with Crippen molar-refractivity contribution in [1.29, 1.82) is 0 Å². The van der Waals surface area contributed by atoms with Gasteiger partial charge in [0.05, 0.1) is 12.6 Å². The molecule has 8 heteroatoms. The van der Waals surface area contributed by atoms with Crippen LogP contribution in [-0.4, -0.2) is 38.7 Å². The minimum Gasteiger partial charge on any atom is -0.481 e. The molecular formula is C22H17ClN6O. The molecule has 0 N–H and O–H groups in total. The first-order valence-electron chi connectivity index (χ1n) is 9.27. The molecule has 7 nitrogen and oxygen atoms in total. The lowest BCUT2D eigenvalue weighted by Crippen LogP contribution is -2.13. The molecule has 0 spiro atoms. The van der Waals surface area contributed by atoms with E-state index in [1.165, 1.54) is 0 Å². The van der Waals surface area contributed by atoms with Crippen molar-refractivity contribution in [2.45, 2.75) is 0 Å². The normalized spacial score (nSPS) is 11.2. The smallest absolute Gasteiger partial charge is 0.257 e. The number of methoxy groups -OCH3 is 1. The lowest BCUT2D eigenvalue weighted by molar-refractivity contribution is 0.398. The highest BCUT2D eigenvalue weighted by Crippen LogP contribution is 2.33. The number of hydrogen-bond donors (Lipinski definition) is 0. The average Bonchev–Trinajstić information content (AvgIpc) is 3.27. The van der Waals surface area contributed by atoms with Crippen LogP contribution in [0.5, 0.6) is 5.88 Å². The molecule has 0 saturated carbocycles. The van der Waals surface area contributed by atoms with Gasteiger partial charge in [0.2, 0.25) is 5.88 Å². The van der Waals surface area contributed by atoms with Crippen LogP contribution < -0.4 is 9.64 Å². The number of pyridine rings is 1. The molecule has 0 fully saturated rings. The second-order valence-electron chi connectivity index (χ2n) is 6.80. The number of nitrogens with zero attached hydrogens (tertiary/aromatic N) is 6. The third-order valence-corrected chi connectivity index (χ3v) is 5.26. The maximum atomic E-state index is 6.24. The van der Waals surface area contributed by atoms with Gasteiger partial charge in [-0.2, -0.15) is 4.98 Å². The van der Waals surface area contributed by atoms with E-state index in [9.17, 15) is 0 Å². The minimum absolute atomic E-state index is 0.516. The number of benzene rings is 2. The third kappa shape index (κ3) is 3.09. The Balaban J connectivity index is 1.62. The van der Waals surface area contributed by atoms with E-state index in [4.69, 9.17) is 21.3 Å². The highest BCUT2D eigenvalue weighted by Gasteiger charge is 2.15. The zero-order valence-electron chi connectivity index (χ0n) is 16.3. The fourth-order valence-corrected chi connectivity index (χ4v) is 3.63. The van der Waals surface area contributed by atoms with E-state index >= 15 is 0 Å². The SMILES string of the molecule is COc1ccc(-c2cccc(N(C)c3nc4nncn4c4cc(Cl)ccc34)c2)cn1. The first kappa shape index (κ1) is 18.3. The molecule has 0 aliphatic rings. The van der Waals surface area contributed by atoms with Crippen LogP contribution in [0.3, 0.4) is 0 Å². The monoisotopic (exact) mass is 416 g/mol. The molecule has 0 aliphatic carbocycles. The Morgan fingerprint density at radius 3 is 2.73 bits per heavy atom. The molecule has 3 heterocycles. The van der Waals surface area contributed by atoms with E-state index in [1.54, 1.807) is 19.6 Å². The van der Waals surface area contributed by atoms with E-state index in [0.717, 1.165) is 33.5 Å². The van der Waals surface area contributed by atoms with Crippen molar-refractivity contribution in [3.63, 3.8) is 0 Å². The predicted octanol–water partition coefficient (Wildman–Crippen LogP) is 4.77. The predicted molar refractivity (Wildman–Crippen MR) is 118 cm³/mol. The summed E-state index contributed by atoms with van der Waals surface area (Å²) in [5.74, 6) is 1.87. The Morgan fingerprint density at radius 1 is 1.03 bits per heavy atom. The van der Waals surface area contributed by atoms with E-state index in [1.807, 2.05) is 64.9 Å². The fraction of sp³-hybridized carbons (Fsp3) is 0.0909. The van der Waals surface area contributed by atoms with Crippen LogP contribution in [-0.2, 0) is 0 Å². The number of anilines is 2. The van der Waals surface area contributed by atoms with E-state index in [2.05, 4.69) is 21.2 Å². The van der Waals surface area contributed by atoms with Crippen LogP contribution in [0.4, 0.5) is 11.5 Å². The van der Waals surface area contributed by atoms with Crippen molar-refractivity contribution >= 4 is 39.8 Å². The topological polar surface area (TPSA) is 68.4 Å². The summed E-state index contributed by atoms with van der Waals surface area (Å²) in [6, 6.07) is 17.8. The van der Waals surface area contributed by atoms with Crippen molar-refractivity contribution in [3.8, 4) is 17.0 Å².